The summed E-state index contributed by atoms with van der Waals surface area (Å²) < 4.78 is 0. The smallest absolute Gasteiger partial charge is 0.0488 e. The Kier molecular flexibility index (Phi) is 3.75. The summed E-state index contributed by atoms with van der Waals surface area (Å²) in [4.78, 5) is 0. The number of benzene rings is 1. The van der Waals surface area contributed by atoms with Crippen LogP contribution >= 0.6 is 0 Å². The lowest BCUT2D eigenvalue weighted by molar-refractivity contribution is 0.273. The van der Waals surface area contributed by atoms with Gasteiger partial charge in [0, 0.05) is 6.04 Å². The topological polar surface area (TPSA) is 38.0 Å². The Morgan fingerprint density at radius 2 is 1.73 bits per heavy atom. The van der Waals surface area contributed by atoms with E-state index >= 15 is 0 Å². The monoisotopic (exact) mass is 204 g/mol. The third-order valence-electron chi connectivity index (χ3n) is 3.46. The molecule has 3 N–H and O–H groups in total. The Labute approximate surface area is 91.8 Å². The Hall–Kier alpha value is -0.860. The van der Waals surface area contributed by atoms with Crippen molar-refractivity contribution in [3.63, 3.8) is 0 Å². The molecule has 0 bridgehead atoms. The molecule has 1 atom stereocenters. The quantitative estimate of drug-likeness (QED) is 0.587. The number of hydrazine groups is 1. The molecule has 1 aromatic rings. The number of hydrogen-bond acceptors (Lipinski definition) is 2. The van der Waals surface area contributed by atoms with E-state index in [1.807, 2.05) is 0 Å². The molecule has 0 saturated heterocycles. The summed E-state index contributed by atoms with van der Waals surface area (Å²) in [7, 11) is 0. The van der Waals surface area contributed by atoms with Crippen molar-refractivity contribution in [2.45, 2.75) is 38.1 Å². The zero-order valence-electron chi connectivity index (χ0n) is 9.15. The molecule has 1 saturated carbocycles. The molecule has 0 radical (unpaired) electrons. The largest absolute Gasteiger partial charge is 0.271 e. The third kappa shape index (κ3) is 2.58. The summed E-state index contributed by atoms with van der Waals surface area (Å²) in [6.45, 7) is 0. The number of nitrogens with one attached hydrogen (secondary N) is 1. The molecule has 15 heavy (non-hydrogen) atoms. The zero-order chi connectivity index (χ0) is 10.5. The fourth-order valence-electron chi connectivity index (χ4n) is 2.63. The lowest BCUT2D eigenvalue weighted by atomic mass is 9.81. The summed E-state index contributed by atoms with van der Waals surface area (Å²) in [6.07, 6.45) is 6.72. The van der Waals surface area contributed by atoms with E-state index in [1.54, 1.807) is 0 Å². The fourth-order valence-corrected chi connectivity index (χ4v) is 2.63. The zero-order valence-corrected chi connectivity index (χ0v) is 9.15. The second-order valence-electron chi connectivity index (χ2n) is 4.45. The predicted octanol–water partition coefficient (Wildman–Crippen LogP) is 2.77. The van der Waals surface area contributed by atoms with Crippen molar-refractivity contribution in [2.24, 2.45) is 11.8 Å². The molecule has 82 valence electrons. The average molecular weight is 204 g/mol. The molecule has 2 heteroatoms. The molecule has 0 spiro atoms. The molecule has 1 aliphatic rings. The Morgan fingerprint density at radius 3 is 2.33 bits per heavy atom. The van der Waals surface area contributed by atoms with E-state index in [0.29, 0.717) is 12.0 Å². The van der Waals surface area contributed by atoms with Gasteiger partial charge in [0.2, 0.25) is 0 Å². The SMILES string of the molecule is NNC(c1ccccc1)C1CCCCC1. The minimum Gasteiger partial charge on any atom is -0.271 e. The van der Waals surface area contributed by atoms with Crippen LogP contribution in [0.15, 0.2) is 30.3 Å². The molecular formula is C13H20N2. The predicted molar refractivity (Wildman–Crippen MR) is 63.1 cm³/mol. The van der Waals surface area contributed by atoms with Crippen molar-refractivity contribution in [1.82, 2.24) is 5.43 Å². The van der Waals surface area contributed by atoms with Gasteiger partial charge in [-0.1, -0.05) is 49.6 Å². The van der Waals surface area contributed by atoms with Crippen LogP contribution in [0.3, 0.4) is 0 Å². The van der Waals surface area contributed by atoms with Gasteiger partial charge in [-0.2, -0.15) is 0 Å². The Morgan fingerprint density at radius 1 is 1.07 bits per heavy atom. The van der Waals surface area contributed by atoms with Gasteiger partial charge in [0.1, 0.15) is 0 Å². The molecule has 1 aliphatic carbocycles. The standard InChI is InChI=1S/C13H20N2/c14-15-13(11-7-3-1-4-8-11)12-9-5-2-6-10-12/h1,3-4,7-8,12-13,15H,2,5-6,9-10,14H2. The van der Waals surface area contributed by atoms with Crippen LogP contribution in [0, 0.1) is 5.92 Å². The molecular weight excluding hydrogens is 184 g/mol. The second-order valence-corrected chi connectivity index (χ2v) is 4.45. The molecule has 0 aliphatic heterocycles. The molecule has 0 amide bonds. The van der Waals surface area contributed by atoms with Gasteiger partial charge >= 0.3 is 0 Å². The summed E-state index contributed by atoms with van der Waals surface area (Å²) >= 11 is 0. The van der Waals surface area contributed by atoms with Gasteiger partial charge in [0.15, 0.2) is 0 Å². The van der Waals surface area contributed by atoms with Gasteiger partial charge in [0.05, 0.1) is 0 Å². The van der Waals surface area contributed by atoms with Crippen LogP contribution in [-0.4, -0.2) is 0 Å². The third-order valence-corrected chi connectivity index (χ3v) is 3.46. The second kappa shape index (κ2) is 5.29. The van der Waals surface area contributed by atoms with Crippen molar-refractivity contribution in [3.05, 3.63) is 35.9 Å². The van der Waals surface area contributed by atoms with E-state index in [4.69, 9.17) is 5.84 Å². The van der Waals surface area contributed by atoms with Gasteiger partial charge in [-0.3, -0.25) is 11.3 Å². The van der Waals surface area contributed by atoms with E-state index in [9.17, 15) is 0 Å². The number of nitrogens with two attached hydrogens (primary N) is 1. The molecule has 2 rings (SSSR count). The van der Waals surface area contributed by atoms with Crippen LogP contribution in [0.25, 0.3) is 0 Å². The summed E-state index contributed by atoms with van der Waals surface area (Å²) in [6, 6.07) is 10.9. The van der Waals surface area contributed by atoms with E-state index in [-0.39, 0.29) is 0 Å². The maximum atomic E-state index is 5.69. The highest BCUT2D eigenvalue weighted by molar-refractivity contribution is 5.19. The van der Waals surface area contributed by atoms with Crippen molar-refractivity contribution >= 4 is 0 Å². The number of hydrogen-bond donors (Lipinski definition) is 2. The van der Waals surface area contributed by atoms with E-state index in [1.165, 1.54) is 37.7 Å². The van der Waals surface area contributed by atoms with Crippen molar-refractivity contribution in [3.8, 4) is 0 Å². The van der Waals surface area contributed by atoms with Gasteiger partial charge in [0.25, 0.3) is 0 Å². The van der Waals surface area contributed by atoms with Crippen molar-refractivity contribution < 1.29 is 0 Å². The van der Waals surface area contributed by atoms with Gasteiger partial charge < -0.3 is 0 Å². The van der Waals surface area contributed by atoms with E-state index < -0.39 is 0 Å². The van der Waals surface area contributed by atoms with Crippen molar-refractivity contribution in [2.75, 3.05) is 0 Å². The maximum absolute atomic E-state index is 5.69. The molecule has 2 nitrogen and oxygen atoms in total. The van der Waals surface area contributed by atoms with Crippen LogP contribution < -0.4 is 11.3 Å². The first kappa shape index (κ1) is 10.7. The Bertz CT molecular complexity index is 278. The summed E-state index contributed by atoms with van der Waals surface area (Å²) in [5.41, 5.74) is 4.31. The van der Waals surface area contributed by atoms with E-state index in [0.717, 1.165) is 0 Å². The van der Waals surface area contributed by atoms with Crippen LogP contribution in [-0.2, 0) is 0 Å². The average Bonchev–Trinajstić information content (AvgIpc) is 2.33. The molecule has 1 aromatic carbocycles. The highest BCUT2D eigenvalue weighted by atomic mass is 15.2. The molecule has 0 aromatic heterocycles. The highest BCUT2D eigenvalue weighted by Gasteiger charge is 2.23. The highest BCUT2D eigenvalue weighted by Crippen LogP contribution is 2.33. The van der Waals surface area contributed by atoms with Crippen molar-refractivity contribution in [1.29, 1.82) is 0 Å². The first-order valence-electron chi connectivity index (χ1n) is 5.93. The van der Waals surface area contributed by atoms with Crippen LogP contribution in [0.4, 0.5) is 0 Å². The van der Waals surface area contributed by atoms with Crippen LogP contribution in [0.2, 0.25) is 0 Å². The normalized spacial score (nSPS) is 20.1. The Balaban J connectivity index is 2.09. The number of rotatable bonds is 3. The summed E-state index contributed by atoms with van der Waals surface area (Å²) in [5, 5.41) is 0. The van der Waals surface area contributed by atoms with Crippen LogP contribution in [0.5, 0.6) is 0 Å². The fraction of sp³-hybridized carbons (Fsp3) is 0.538. The lowest BCUT2D eigenvalue weighted by Gasteiger charge is -2.30. The molecule has 1 unspecified atom stereocenters. The maximum Gasteiger partial charge on any atom is 0.0488 e. The van der Waals surface area contributed by atoms with Gasteiger partial charge in [-0.25, -0.2) is 0 Å². The molecule has 0 heterocycles. The first-order chi connectivity index (χ1) is 7.42. The van der Waals surface area contributed by atoms with Gasteiger partial charge in [-0.15, -0.1) is 0 Å². The first-order valence-corrected chi connectivity index (χ1v) is 5.93. The lowest BCUT2D eigenvalue weighted by Crippen LogP contribution is -2.34. The van der Waals surface area contributed by atoms with E-state index in [2.05, 4.69) is 35.8 Å². The molecule has 1 fully saturated rings. The van der Waals surface area contributed by atoms with Gasteiger partial charge in [-0.05, 0) is 24.3 Å². The minimum absolute atomic E-state index is 0.339. The van der Waals surface area contributed by atoms with Crippen LogP contribution in [0.1, 0.15) is 43.7 Å². The minimum atomic E-state index is 0.339. The summed E-state index contributed by atoms with van der Waals surface area (Å²) in [5.74, 6) is 6.40.